The van der Waals surface area contributed by atoms with Gasteiger partial charge in [0, 0.05) is 12.1 Å². The van der Waals surface area contributed by atoms with Gasteiger partial charge in [-0.2, -0.15) is 0 Å². The third kappa shape index (κ3) is 15.0. The average Bonchev–Trinajstić information content (AvgIpc) is 2.52. The van der Waals surface area contributed by atoms with Gasteiger partial charge >= 0.3 is 5.97 Å². The summed E-state index contributed by atoms with van der Waals surface area (Å²) in [4.78, 5) is 14.0. The van der Waals surface area contributed by atoms with Gasteiger partial charge in [-0.3, -0.25) is 0 Å². The maximum absolute atomic E-state index is 11.9. The van der Waals surface area contributed by atoms with Gasteiger partial charge in [0.1, 0.15) is 0 Å². The molecule has 0 rings (SSSR count). The van der Waals surface area contributed by atoms with Crippen LogP contribution in [0.3, 0.4) is 0 Å². The van der Waals surface area contributed by atoms with Crippen molar-refractivity contribution in [3.8, 4) is 0 Å². The lowest BCUT2D eigenvalue weighted by Crippen LogP contribution is -2.15. The van der Waals surface area contributed by atoms with Crippen molar-refractivity contribution >= 4 is 17.6 Å². The van der Waals surface area contributed by atoms with Gasteiger partial charge < -0.3 is 9.64 Å². The van der Waals surface area contributed by atoms with Crippen molar-refractivity contribution < 1.29 is 9.53 Å². The van der Waals surface area contributed by atoms with E-state index in [1.54, 1.807) is 6.92 Å². The van der Waals surface area contributed by atoms with Crippen molar-refractivity contribution in [2.45, 2.75) is 90.0 Å². The van der Waals surface area contributed by atoms with Gasteiger partial charge in [0.15, 0.2) is 5.56 Å². The molecule has 142 valence electrons. The summed E-state index contributed by atoms with van der Waals surface area (Å²) in [5.74, 6) is -0.287. The summed E-state index contributed by atoms with van der Waals surface area (Å²) in [7, 11) is 4.03. The Morgan fingerprint density at radius 3 is 2.12 bits per heavy atom. The molecule has 0 aliphatic carbocycles. The Bertz CT molecular complexity index is 343. The maximum atomic E-state index is 11.9. The number of hydrogen-bond donors (Lipinski definition) is 0. The average molecular weight is 360 g/mol. The summed E-state index contributed by atoms with van der Waals surface area (Å²) in [5.41, 5.74) is 0.147. The molecule has 1 atom stereocenters. The van der Waals surface area contributed by atoms with Crippen LogP contribution in [0.5, 0.6) is 0 Å². The number of carbonyl (C=O) groups excluding carboxylic acids is 1. The van der Waals surface area contributed by atoms with Crippen molar-refractivity contribution in [2.75, 3.05) is 20.6 Å². The summed E-state index contributed by atoms with van der Waals surface area (Å²) in [6.07, 6.45) is 15.0. The highest BCUT2D eigenvalue weighted by molar-refractivity contribution is 6.20. The second-order valence-corrected chi connectivity index (χ2v) is 7.40. The van der Waals surface area contributed by atoms with E-state index in [0.29, 0.717) is 5.57 Å². The molecule has 0 bridgehead atoms. The first kappa shape index (κ1) is 23.5. The zero-order valence-corrected chi connectivity index (χ0v) is 17.0. The number of ether oxygens (including phenoxy) is 1. The monoisotopic (exact) mass is 359 g/mol. The summed E-state index contributed by atoms with van der Waals surface area (Å²) in [6, 6.07) is 0. The Morgan fingerprint density at radius 1 is 1.04 bits per heavy atom. The van der Waals surface area contributed by atoms with Crippen LogP contribution in [0.2, 0.25) is 0 Å². The van der Waals surface area contributed by atoms with Crippen molar-refractivity contribution in [2.24, 2.45) is 0 Å². The number of rotatable bonds is 15. The van der Waals surface area contributed by atoms with Crippen molar-refractivity contribution in [3.63, 3.8) is 0 Å². The van der Waals surface area contributed by atoms with Gasteiger partial charge in [-0.1, -0.05) is 76.0 Å². The zero-order chi connectivity index (χ0) is 18.2. The molecule has 0 saturated carbocycles. The molecule has 0 N–H and O–H groups in total. The molecule has 0 fully saturated rings. The van der Waals surface area contributed by atoms with Crippen molar-refractivity contribution in [1.82, 2.24) is 4.90 Å². The molecule has 0 aliphatic heterocycles. The molecule has 0 aliphatic rings. The first-order valence-corrected chi connectivity index (χ1v) is 10.1. The van der Waals surface area contributed by atoms with Crippen LogP contribution in [0, 0.1) is 0 Å². The predicted octanol–water partition coefficient (Wildman–Crippen LogP) is 5.91. The van der Waals surface area contributed by atoms with E-state index in [1.165, 1.54) is 51.4 Å². The molecule has 0 radical (unpaired) electrons. The minimum absolute atomic E-state index is 0.287. The molecule has 1 unspecified atom stereocenters. The molecule has 0 saturated heterocycles. The van der Waals surface area contributed by atoms with E-state index in [4.69, 9.17) is 16.3 Å². The molecule has 0 amide bonds. The third-order valence-corrected chi connectivity index (χ3v) is 4.43. The fraction of sp³-hybridized carbons (Fsp3) is 0.850. The van der Waals surface area contributed by atoms with Crippen LogP contribution in [0.15, 0.2) is 11.6 Å². The highest BCUT2D eigenvalue weighted by Crippen LogP contribution is 2.15. The minimum atomic E-state index is -0.501. The van der Waals surface area contributed by atoms with Gasteiger partial charge in [-0.05, 0) is 40.3 Å². The third-order valence-electron chi connectivity index (χ3n) is 4.12. The van der Waals surface area contributed by atoms with E-state index in [2.05, 4.69) is 11.8 Å². The van der Waals surface area contributed by atoms with Crippen LogP contribution in [-0.2, 0) is 9.53 Å². The number of halogens is 1. The second kappa shape index (κ2) is 16.0. The Hall–Kier alpha value is -0.540. The topological polar surface area (TPSA) is 29.5 Å². The summed E-state index contributed by atoms with van der Waals surface area (Å²) in [5, 5.41) is 0. The lowest BCUT2D eigenvalue weighted by atomic mass is 10.1. The molecule has 0 aromatic heterocycles. The molecule has 4 heteroatoms. The minimum Gasteiger partial charge on any atom is -0.443 e. The lowest BCUT2D eigenvalue weighted by Gasteiger charge is -2.12. The highest BCUT2D eigenvalue weighted by atomic mass is 35.5. The maximum Gasteiger partial charge on any atom is 0.334 e. The molecular weight excluding hydrogens is 322 g/mol. The van der Waals surface area contributed by atoms with Crippen LogP contribution >= 0.6 is 11.6 Å². The Labute approximate surface area is 154 Å². The highest BCUT2D eigenvalue weighted by Gasteiger charge is 2.12. The largest absolute Gasteiger partial charge is 0.443 e. The molecule has 3 nitrogen and oxygen atoms in total. The van der Waals surface area contributed by atoms with Crippen molar-refractivity contribution in [1.29, 1.82) is 0 Å². The van der Waals surface area contributed by atoms with E-state index in [9.17, 15) is 4.79 Å². The van der Waals surface area contributed by atoms with E-state index in [0.717, 1.165) is 25.8 Å². The lowest BCUT2D eigenvalue weighted by molar-refractivity contribution is -0.140. The van der Waals surface area contributed by atoms with E-state index in [-0.39, 0.29) is 5.97 Å². The molecule has 0 aromatic rings. The van der Waals surface area contributed by atoms with Gasteiger partial charge in [0.25, 0.3) is 0 Å². The van der Waals surface area contributed by atoms with E-state index < -0.39 is 5.56 Å². The Balaban J connectivity index is 3.63. The van der Waals surface area contributed by atoms with Gasteiger partial charge in [-0.15, -0.1) is 0 Å². The Kier molecular flexibility index (Phi) is 15.6. The van der Waals surface area contributed by atoms with E-state index in [1.807, 2.05) is 20.2 Å². The number of carbonyl (C=O) groups is 1. The molecule has 0 spiro atoms. The quantitative estimate of drug-likeness (QED) is 0.157. The summed E-state index contributed by atoms with van der Waals surface area (Å²) < 4.78 is 5.29. The Morgan fingerprint density at radius 2 is 1.58 bits per heavy atom. The van der Waals surface area contributed by atoms with Crippen LogP contribution in [0.25, 0.3) is 0 Å². The molecule has 0 heterocycles. The fourth-order valence-electron chi connectivity index (χ4n) is 2.51. The smallest absolute Gasteiger partial charge is 0.334 e. The predicted molar refractivity (Wildman–Crippen MR) is 105 cm³/mol. The van der Waals surface area contributed by atoms with Crippen LogP contribution in [0.4, 0.5) is 0 Å². The number of unbranched alkanes of at least 4 members (excludes halogenated alkanes) is 8. The standard InChI is InChI=1S/C20H38ClNO2/c1-5-6-7-8-9-10-11-12-13-16-19(21)24-20(23)18(2)15-14-17-22(3)4/h15,19H,5-14,16-17H2,1-4H3. The van der Waals surface area contributed by atoms with Gasteiger partial charge in [0.05, 0.1) is 0 Å². The van der Waals surface area contributed by atoms with Crippen LogP contribution in [-0.4, -0.2) is 37.1 Å². The number of nitrogens with zero attached hydrogens (tertiary/aromatic N) is 1. The van der Waals surface area contributed by atoms with Crippen molar-refractivity contribution in [3.05, 3.63) is 11.6 Å². The SMILES string of the molecule is CCCCCCCCCCCC(Cl)OC(=O)C(C)=CCCN(C)C. The summed E-state index contributed by atoms with van der Waals surface area (Å²) >= 11 is 6.12. The summed E-state index contributed by atoms with van der Waals surface area (Å²) in [6.45, 7) is 4.96. The number of esters is 1. The fourth-order valence-corrected chi connectivity index (χ4v) is 2.74. The zero-order valence-electron chi connectivity index (χ0n) is 16.3. The molecule has 0 aromatic carbocycles. The van der Waals surface area contributed by atoms with Crippen LogP contribution in [0.1, 0.15) is 84.5 Å². The normalized spacial score (nSPS) is 13.3. The first-order chi connectivity index (χ1) is 11.5. The molecule has 24 heavy (non-hydrogen) atoms. The van der Waals surface area contributed by atoms with Crippen LogP contribution < -0.4 is 0 Å². The first-order valence-electron chi connectivity index (χ1n) is 9.64. The molecular formula is C20H38ClNO2. The van der Waals surface area contributed by atoms with Gasteiger partial charge in [0.2, 0.25) is 0 Å². The second-order valence-electron chi connectivity index (χ2n) is 6.91. The van der Waals surface area contributed by atoms with E-state index >= 15 is 0 Å². The number of hydrogen-bond acceptors (Lipinski definition) is 3. The van der Waals surface area contributed by atoms with Gasteiger partial charge in [-0.25, -0.2) is 4.79 Å². The number of alkyl halides is 1.